The number of carbonyl (C=O) groups is 1. The zero-order valence-electron chi connectivity index (χ0n) is 18.5. The molecular formula is C25H30ClN3O2. The number of hydrogen-bond acceptors (Lipinski definition) is 3. The van der Waals surface area contributed by atoms with Crippen LogP contribution < -0.4 is 10.6 Å². The third-order valence-corrected chi connectivity index (χ3v) is 5.91. The average molecular weight is 440 g/mol. The molecule has 1 aromatic carbocycles. The van der Waals surface area contributed by atoms with Gasteiger partial charge in [0.15, 0.2) is 0 Å². The molecule has 2 aromatic rings. The summed E-state index contributed by atoms with van der Waals surface area (Å²) in [6.07, 6.45) is 12.3. The molecule has 1 aliphatic heterocycles. The van der Waals surface area contributed by atoms with E-state index in [4.69, 9.17) is 21.4 Å². The molecule has 164 valence electrons. The first-order chi connectivity index (χ1) is 14.8. The normalized spacial score (nSPS) is 17.2. The Morgan fingerprint density at radius 2 is 1.84 bits per heavy atom. The largest absolute Gasteiger partial charge is 0.444 e. The highest BCUT2D eigenvalue weighted by molar-refractivity contribution is 6.30. The molecule has 5 nitrogen and oxygen atoms in total. The minimum absolute atomic E-state index is 0.226. The first kappa shape index (κ1) is 21.7. The molecule has 0 radical (unpaired) electrons. The van der Waals surface area contributed by atoms with Crippen molar-refractivity contribution >= 4 is 29.8 Å². The zero-order chi connectivity index (χ0) is 22.0. The molecule has 2 heterocycles. The van der Waals surface area contributed by atoms with Crippen LogP contribution in [0.25, 0.3) is 17.8 Å². The minimum atomic E-state index is -0.474. The van der Waals surface area contributed by atoms with Crippen LogP contribution in [0.4, 0.5) is 4.79 Å². The van der Waals surface area contributed by atoms with E-state index in [1.807, 2.05) is 54.6 Å². The predicted octanol–water partition coefficient (Wildman–Crippen LogP) is 4.55. The summed E-state index contributed by atoms with van der Waals surface area (Å²) in [5.74, 6) is 0.304. The van der Waals surface area contributed by atoms with Crippen LogP contribution in [0.15, 0.2) is 36.4 Å². The first-order valence-corrected chi connectivity index (χ1v) is 11.4. The Balaban J connectivity index is 1.64. The zero-order valence-corrected chi connectivity index (χ0v) is 19.2. The molecule has 1 saturated heterocycles. The molecular weight excluding hydrogens is 410 g/mol. The fourth-order valence-electron chi connectivity index (χ4n) is 4.15. The Morgan fingerprint density at radius 1 is 1.13 bits per heavy atom. The van der Waals surface area contributed by atoms with Crippen LogP contribution >= 0.6 is 11.6 Å². The smallest absolute Gasteiger partial charge is 0.410 e. The van der Waals surface area contributed by atoms with Crippen molar-refractivity contribution in [3.8, 4) is 5.69 Å². The monoisotopic (exact) mass is 439 g/mol. The SMILES string of the molecule is CC(C)(C)OC(=O)N1CCC(c2nn(-c3ccc(Cl)cc3)c3c2=CC=CCCC=3)CC1. The molecule has 1 fully saturated rings. The number of aromatic nitrogens is 2. The van der Waals surface area contributed by atoms with Gasteiger partial charge in [-0.05, 0) is 70.7 Å². The van der Waals surface area contributed by atoms with Crippen molar-refractivity contribution in [1.29, 1.82) is 0 Å². The lowest BCUT2D eigenvalue weighted by Gasteiger charge is -2.33. The summed E-state index contributed by atoms with van der Waals surface area (Å²) in [6, 6.07) is 7.81. The quantitative estimate of drug-likeness (QED) is 0.689. The van der Waals surface area contributed by atoms with E-state index >= 15 is 0 Å². The van der Waals surface area contributed by atoms with Gasteiger partial charge in [-0.3, -0.25) is 0 Å². The lowest BCUT2D eigenvalue weighted by Crippen LogP contribution is -2.42. The molecule has 0 bridgehead atoms. The maximum atomic E-state index is 12.4. The number of hydrogen-bond donors (Lipinski definition) is 0. The second-order valence-corrected chi connectivity index (χ2v) is 9.63. The lowest BCUT2D eigenvalue weighted by atomic mass is 9.92. The molecule has 0 saturated carbocycles. The van der Waals surface area contributed by atoms with Crippen LogP contribution in [0.5, 0.6) is 0 Å². The van der Waals surface area contributed by atoms with E-state index < -0.39 is 5.60 Å². The second-order valence-electron chi connectivity index (χ2n) is 9.19. The van der Waals surface area contributed by atoms with Gasteiger partial charge in [-0.2, -0.15) is 5.10 Å². The summed E-state index contributed by atoms with van der Waals surface area (Å²) < 4.78 is 7.59. The van der Waals surface area contributed by atoms with Gasteiger partial charge in [0.1, 0.15) is 5.60 Å². The number of fused-ring (bicyclic) bond motifs is 1. The third kappa shape index (κ3) is 5.04. The van der Waals surface area contributed by atoms with Crippen LogP contribution in [-0.4, -0.2) is 39.5 Å². The molecule has 0 N–H and O–H groups in total. The maximum Gasteiger partial charge on any atom is 0.410 e. The van der Waals surface area contributed by atoms with Gasteiger partial charge in [0.2, 0.25) is 0 Å². The second kappa shape index (κ2) is 8.91. The third-order valence-electron chi connectivity index (χ3n) is 5.66. The Labute approximate surface area is 188 Å². The highest BCUT2D eigenvalue weighted by atomic mass is 35.5. The number of ether oxygens (including phenoxy) is 1. The van der Waals surface area contributed by atoms with Gasteiger partial charge in [0.05, 0.1) is 16.7 Å². The highest BCUT2D eigenvalue weighted by Gasteiger charge is 2.29. The van der Waals surface area contributed by atoms with Crippen molar-refractivity contribution in [2.45, 2.75) is 58.0 Å². The van der Waals surface area contributed by atoms with Gasteiger partial charge in [0, 0.05) is 29.2 Å². The number of nitrogens with zero attached hydrogens (tertiary/aromatic N) is 3. The number of rotatable bonds is 2. The highest BCUT2D eigenvalue weighted by Crippen LogP contribution is 2.26. The topological polar surface area (TPSA) is 47.4 Å². The van der Waals surface area contributed by atoms with Crippen LogP contribution in [0.3, 0.4) is 0 Å². The molecule has 1 aliphatic carbocycles. The molecule has 1 amide bonds. The molecule has 0 unspecified atom stereocenters. The summed E-state index contributed by atoms with van der Waals surface area (Å²) in [4.78, 5) is 14.3. The summed E-state index contributed by atoms with van der Waals surface area (Å²) in [7, 11) is 0. The molecule has 6 heteroatoms. The van der Waals surface area contributed by atoms with E-state index in [2.05, 4.69) is 24.3 Å². The van der Waals surface area contributed by atoms with Gasteiger partial charge in [-0.25, -0.2) is 9.48 Å². The van der Waals surface area contributed by atoms with Crippen LogP contribution in [-0.2, 0) is 4.74 Å². The Morgan fingerprint density at radius 3 is 2.52 bits per heavy atom. The summed E-state index contributed by atoms with van der Waals surface area (Å²) in [5.41, 5.74) is 1.64. The summed E-state index contributed by atoms with van der Waals surface area (Å²) in [5, 5.41) is 8.10. The van der Waals surface area contributed by atoms with Gasteiger partial charge < -0.3 is 9.64 Å². The van der Waals surface area contributed by atoms with Crippen molar-refractivity contribution in [3.63, 3.8) is 0 Å². The Bertz CT molecular complexity index is 1090. The molecule has 1 aromatic heterocycles. The van der Waals surface area contributed by atoms with Crippen molar-refractivity contribution in [1.82, 2.24) is 14.7 Å². The van der Waals surface area contributed by atoms with Crippen LogP contribution in [0, 0.1) is 0 Å². The number of benzene rings is 1. The molecule has 4 rings (SSSR count). The first-order valence-electron chi connectivity index (χ1n) is 11.0. The number of likely N-dealkylation sites (tertiary alicyclic amines) is 1. The molecule has 0 spiro atoms. The van der Waals surface area contributed by atoms with Gasteiger partial charge in [-0.15, -0.1) is 0 Å². The average Bonchev–Trinajstić information content (AvgIpc) is 3.04. The molecule has 31 heavy (non-hydrogen) atoms. The number of carbonyl (C=O) groups excluding carboxylic acids is 1. The van der Waals surface area contributed by atoms with E-state index in [0.717, 1.165) is 42.4 Å². The van der Waals surface area contributed by atoms with E-state index in [1.165, 1.54) is 5.22 Å². The molecule has 2 aliphatic rings. The van der Waals surface area contributed by atoms with Crippen molar-refractivity contribution in [3.05, 3.63) is 57.7 Å². The fraction of sp³-hybridized carbons (Fsp3) is 0.440. The van der Waals surface area contributed by atoms with Crippen LogP contribution in [0.2, 0.25) is 5.02 Å². The van der Waals surface area contributed by atoms with E-state index in [0.29, 0.717) is 24.0 Å². The molecule has 0 atom stereocenters. The Kier molecular flexibility index (Phi) is 6.24. The number of amides is 1. The van der Waals surface area contributed by atoms with Crippen LogP contribution in [0.1, 0.15) is 58.1 Å². The number of halogens is 1. The van der Waals surface area contributed by atoms with Gasteiger partial charge in [0.25, 0.3) is 0 Å². The van der Waals surface area contributed by atoms with Gasteiger partial charge >= 0.3 is 6.09 Å². The number of allylic oxidation sites excluding steroid dienone is 2. The number of piperidine rings is 1. The maximum absolute atomic E-state index is 12.4. The van der Waals surface area contributed by atoms with Crippen molar-refractivity contribution in [2.24, 2.45) is 0 Å². The van der Waals surface area contributed by atoms with E-state index in [-0.39, 0.29) is 6.09 Å². The lowest BCUT2D eigenvalue weighted by molar-refractivity contribution is 0.0204. The fourth-order valence-corrected chi connectivity index (χ4v) is 4.27. The van der Waals surface area contributed by atoms with Crippen molar-refractivity contribution < 1.29 is 9.53 Å². The van der Waals surface area contributed by atoms with Gasteiger partial charge in [-0.1, -0.05) is 35.9 Å². The predicted molar refractivity (Wildman–Crippen MR) is 125 cm³/mol. The van der Waals surface area contributed by atoms with E-state index in [1.54, 1.807) is 0 Å². The van der Waals surface area contributed by atoms with E-state index in [9.17, 15) is 4.79 Å². The van der Waals surface area contributed by atoms with Crippen molar-refractivity contribution in [2.75, 3.05) is 13.1 Å². The summed E-state index contributed by atoms with van der Waals surface area (Å²) in [6.45, 7) is 7.07. The minimum Gasteiger partial charge on any atom is -0.444 e. The standard InChI is InChI=1S/C25H30ClN3O2/c1-25(2,3)31-24(30)28-16-14-18(15-17-28)23-21-8-6-4-5-7-9-22(21)29(27-23)20-12-10-19(26)11-13-20/h4,6,8-13,18H,5,7,14-17H2,1-3H3. The Hall–Kier alpha value is -2.53. The summed E-state index contributed by atoms with van der Waals surface area (Å²) >= 11 is 6.10.